The van der Waals surface area contributed by atoms with Gasteiger partial charge in [0.1, 0.15) is 11.8 Å². The summed E-state index contributed by atoms with van der Waals surface area (Å²) in [6.07, 6.45) is 9.21. The molecule has 3 aliphatic rings. The van der Waals surface area contributed by atoms with Gasteiger partial charge < -0.3 is 19.0 Å². The van der Waals surface area contributed by atoms with Crippen molar-refractivity contribution in [3.05, 3.63) is 107 Å². The fraction of sp³-hybridized carbons (Fsp3) is 0.436. The average Bonchev–Trinajstić information content (AvgIpc) is 3.68. The van der Waals surface area contributed by atoms with Crippen LogP contribution in [0.15, 0.2) is 83.5 Å². The van der Waals surface area contributed by atoms with Gasteiger partial charge in [-0.15, -0.1) is 0 Å². The van der Waals surface area contributed by atoms with E-state index in [1.807, 2.05) is 41.3 Å². The molecule has 234 valence electrons. The van der Waals surface area contributed by atoms with E-state index in [1.165, 1.54) is 23.6 Å². The van der Waals surface area contributed by atoms with Gasteiger partial charge in [0.2, 0.25) is 0 Å². The number of benzene rings is 2. The molecule has 0 radical (unpaired) electrons. The van der Waals surface area contributed by atoms with Crippen LogP contribution in [-0.2, 0) is 22.4 Å². The summed E-state index contributed by atoms with van der Waals surface area (Å²) >= 11 is 0. The molecule has 0 saturated heterocycles. The molecule has 0 spiro atoms. The molecule has 45 heavy (non-hydrogen) atoms. The van der Waals surface area contributed by atoms with E-state index < -0.39 is 5.41 Å². The molecular formula is C39H44N2O4. The molecule has 0 bridgehead atoms. The highest BCUT2D eigenvalue weighted by Gasteiger charge is 2.57. The molecule has 2 fully saturated rings. The number of esters is 1. The first-order chi connectivity index (χ1) is 21.8. The number of nitrogens with zero attached hydrogens (tertiary/aromatic N) is 1. The van der Waals surface area contributed by atoms with E-state index in [0.29, 0.717) is 18.0 Å². The number of nitrogens with one attached hydrogen (secondary N) is 1. The molecular weight excluding hydrogens is 560 g/mol. The van der Waals surface area contributed by atoms with Crippen molar-refractivity contribution < 1.29 is 18.7 Å². The van der Waals surface area contributed by atoms with Gasteiger partial charge in [0, 0.05) is 23.0 Å². The molecule has 7 rings (SSSR count). The lowest BCUT2D eigenvalue weighted by molar-refractivity contribution is -0.168. The van der Waals surface area contributed by atoms with Crippen molar-refractivity contribution in [2.45, 2.75) is 71.3 Å². The van der Waals surface area contributed by atoms with Crippen molar-refractivity contribution in [1.29, 1.82) is 0 Å². The quantitative estimate of drug-likeness (QED) is 0.177. The Labute approximate surface area is 265 Å². The van der Waals surface area contributed by atoms with Crippen molar-refractivity contribution in [2.24, 2.45) is 22.7 Å². The number of amides is 1. The molecule has 1 amide bonds. The van der Waals surface area contributed by atoms with Crippen molar-refractivity contribution >= 4 is 22.8 Å². The molecule has 3 heterocycles. The van der Waals surface area contributed by atoms with Gasteiger partial charge in [-0.05, 0) is 105 Å². The number of allylic oxidation sites excluding steroid dienone is 1. The first-order valence-electron chi connectivity index (χ1n) is 16.5. The van der Waals surface area contributed by atoms with Crippen LogP contribution in [0.5, 0.6) is 0 Å². The molecule has 1 N–H and O–H groups in total. The number of ether oxygens (including phenoxy) is 1. The fourth-order valence-corrected chi connectivity index (χ4v) is 9.53. The lowest BCUT2D eigenvalue weighted by Crippen LogP contribution is -2.53. The van der Waals surface area contributed by atoms with Crippen LogP contribution in [0.2, 0.25) is 0 Å². The maximum absolute atomic E-state index is 14.1. The number of fused-ring (bicyclic) bond motifs is 4. The van der Waals surface area contributed by atoms with E-state index in [2.05, 4.69) is 49.7 Å². The Kier molecular flexibility index (Phi) is 7.50. The molecule has 6 nitrogen and oxygen atoms in total. The van der Waals surface area contributed by atoms with Gasteiger partial charge in [0.25, 0.3) is 5.91 Å². The summed E-state index contributed by atoms with van der Waals surface area (Å²) in [7, 11) is 1.52. The van der Waals surface area contributed by atoms with Gasteiger partial charge in [-0.3, -0.25) is 9.59 Å². The number of furan rings is 1. The summed E-state index contributed by atoms with van der Waals surface area (Å²) in [6, 6.07) is 19.7. The molecule has 5 atom stereocenters. The zero-order valence-corrected chi connectivity index (χ0v) is 26.7. The van der Waals surface area contributed by atoms with Crippen LogP contribution in [-0.4, -0.2) is 35.4 Å². The van der Waals surface area contributed by atoms with E-state index in [9.17, 15) is 9.59 Å². The van der Waals surface area contributed by atoms with Gasteiger partial charge in [-0.1, -0.05) is 61.9 Å². The maximum atomic E-state index is 14.1. The molecule has 2 aromatic carbocycles. The van der Waals surface area contributed by atoms with Crippen LogP contribution in [0.25, 0.3) is 10.9 Å². The molecule has 4 aromatic rings. The van der Waals surface area contributed by atoms with E-state index in [0.717, 1.165) is 73.9 Å². The highest BCUT2D eigenvalue weighted by atomic mass is 16.5. The predicted octanol–water partition coefficient (Wildman–Crippen LogP) is 8.43. The normalized spacial score (nSPS) is 28.0. The van der Waals surface area contributed by atoms with E-state index in [4.69, 9.17) is 9.15 Å². The zero-order valence-electron chi connectivity index (χ0n) is 26.7. The van der Waals surface area contributed by atoms with Crippen molar-refractivity contribution in [1.82, 2.24) is 9.88 Å². The molecule has 2 aromatic heterocycles. The zero-order chi connectivity index (χ0) is 31.3. The summed E-state index contributed by atoms with van der Waals surface area (Å²) in [5.74, 6) is 1.32. The molecule has 0 unspecified atom stereocenters. The summed E-state index contributed by atoms with van der Waals surface area (Å²) in [5.41, 5.74) is 6.00. The van der Waals surface area contributed by atoms with Crippen LogP contribution in [0.3, 0.4) is 0 Å². The highest BCUT2D eigenvalue weighted by molar-refractivity contribution is 5.95. The summed E-state index contributed by atoms with van der Waals surface area (Å²) in [5, 5.41) is 1.21. The highest BCUT2D eigenvalue weighted by Crippen LogP contribution is 2.62. The topological polar surface area (TPSA) is 75.5 Å². The summed E-state index contributed by atoms with van der Waals surface area (Å²) in [4.78, 5) is 32.8. The third kappa shape index (κ3) is 4.76. The molecule has 1 aliphatic heterocycles. The van der Waals surface area contributed by atoms with Gasteiger partial charge in [0.05, 0.1) is 24.5 Å². The second kappa shape index (κ2) is 11.4. The number of aromatic nitrogens is 1. The van der Waals surface area contributed by atoms with E-state index >= 15 is 0 Å². The molecule has 2 saturated carbocycles. The van der Waals surface area contributed by atoms with Gasteiger partial charge in [-0.25, -0.2) is 0 Å². The predicted molar refractivity (Wildman–Crippen MR) is 176 cm³/mol. The Hall–Kier alpha value is -4.06. The average molecular weight is 605 g/mol. The second-order valence-electron chi connectivity index (χ2n) is 14.0. The Morgan fingerprint density at radius 1 is 1.04 bits per heavy atom. The van der Waals surface area contributed by atoms with Gasteiger partial charge in [-0.2, -0.15) is 0 Å². The number of aromatic amines is 1. The number of rotatable bonds is 6. The molecule has 2 aliphatic carbocycles. The Morgan fingerprint density at radius 2 is 1.82 bits per heavy atom. The third-order valence-corrected chi connectivity index (χ3v) is 11.7. The fourth-order valence-electron chi connectivity index (χ4n) is 9.53. The Morgan fingerprint density at radius 3 is 2.62 bits per heavy atom. The van der Waals surface area contributed by atoms with E-state index in [1.54, 1.807) is 6.26 Å². The minimum atomic E-state index is -0.464. The van der Waals surface area contributed by atoms with Crippen LogP contribution >= 0.6 is 0 Å². The summed E-state index contributed by atoms with van der Waals surface area (Å²) < 4.78 is 11.7. The van der Waals surface area contributed by atoms with Gasteiger partial charge in [0.15, 0.2) is 0 Å². The lowest BCUT2D eigenvalue weighted by atomic mass is 9.46. The summed E-state index contributed by atoms with van der Waals surface area (Å²) in [6.45, 7) is 9.71. The Balaban J connectivity index is 1.23. The number of H-pyrrole nitrogens is 1. The van der Waals surface area contributed by atoms with Crippen LogP contribution in [0.1, 0.15) is 91.4 Å². The number of aryl methyl sites for hydroxylation is 1. The SMILES string of the molecule is C=C1CC[C@@H]2[C@](C)(CCC[C@]2(C)C(=O)OC)[C@H]1CCc1ccoc1[C@@H]1c2[nH]c3ccccc3c2CCN1C(=O)c1ccccc1. The number of para-hydroxylation sites is 1. The second-order valence-corrected chi connectivity index (χ2v) is 14.0. The number of hydrogen-bond donors (Lipinski definition) is 1. The number of hydrogen-bond acceptors (Lipinski definition) is 4. The van der Waals surface area contributed by atoms with Crippen molar-refractivity contribution in [2.75, 3.05) is 13.7 Å². The van der Waals surface area contributed by atoms with Crippen LogP contribution < -0.4 is 0 Å². The first-order valence-corrected chi connectivity index (χ1v) is 16.5. The van der Waals surface area contributed by atoms with Crippen LogP contribution in [0, 0.1) is 22.7 Å². The Bertz CT molecular complexity index is 1750. The number of methoxy groups -OCH3 is 1. The largest absolute Gasteiger partial charge is 0.469 e. The lowest BCUT2D eigenvalue weighted by Gasteiger charge is -2.57. The number of carbonyl (C=O) groups is 2. The third-order valence-electron chi connectivity index (χ3n) is 11.7. The maximum Gasteiger partial charge on any atom is 0.311 e. The smallest absolute Gasteiger partial charge is 0.311 e. The van der Waals surface area contributed by atoms with Crippen molar-refractivity contribution in [3.8, 4) is 0 Å². The van der Waals surface area contributed by atoms with E-state index in [-0.39, 0.29) is 29.3 Å². The van der Waals surface area contributed by atoms with Gasteiger partial charge >= 0.3 is 5.97 Å². The molecule has 6 heteroatoms. The van der Waals surface area contributed by atoms with Crippen molar-refractivity contribution in [3.63, 3.8) is 0 Å². The standard InChI is InChI=1S/C39H44N2O4/c1-25-15-18-32-38(2,21-10-22-39(32,3)37(43)44-4)30(25)17-16-26-20-24-45-35(26)34-33-29(28-13-8-9-14-31(28)40-33)19-23-41(34)36(42)27-11-6-5-7-12-27/h5-9,11-14,20,24,30,32,34,40H,1,10,15-19,21-23H2,2-4H3/t30-,32+,34-,38+,39-/m0/s1. The number of carbonyl (C=O) groups excluding carboxylic acids is 2. The monoisotopic (exact) mass is 604 g/mol. The minimum absolute atomic E-state index is 0.00701. The first kappa shape index (κ1) is 29.6. The minimum Gasteiger partial charge on any atom is -0.469 e. The van der Waals surface area contributed by atoms with Crippen LogP contribution in [0.4, 0.5) is 0 Å².